The number of amides is 4. The van der Waals surface area contributed by atoms with Crippen molar-refractivity contribution < 1.29 is 14.4 Å². The van der Waals surface area contributed by atoms with Crippen LogP contribution >= 0.6 is 11.6 Å². The highest BCUT2D eigenvalue weighted by Crippen LogP contribution is 2.32. The normalized spacial score (nSPS) is 21.0. The number of rotatable bonds is 5. The number of nitrogens with zero attached hydrogens (tertiary/aromatic N) is 1. The van der Waals surface area contributed by atoms with Crippen LogP contribution in [0.2, 0.25) is 5.02 Å². The Labute approximate surface area is 133 Å². The number of hydrogen-bond donors (Lipinski definition) is 2. The molecule has 2 N–H and O–H groups in total. The number of likely N-dealkylation sites (N-methyl/N-ethyl adjacent to an activating group) is 1. The van der Waals surface area contributed by atoms with Gasteiger partial charge in [0.15, 0.2) is 0 Å². The molecule has 6 nitrogen and oxygen atoms in total. The van der Waals surface area contributed by atoms with Crippen molar-refractivity contribution in [3.05, 3.63) is 34.9 Å². The van der Waals surface area contributed by atoms with Crippen molar-refractivity contribution in [3.8, 4) is 0 Å². The van der Waals surface area contributed by atoms with Crippen LogP contribution in [0.1, 0.15) is 25.8 Å². The molecule has 0 aliphatic carbocycles. The summed E-state index contributed by atoms with van der Waals surface area (Å²) < 4.78 is 0. The van der Waals surface area contributed by atoms with Crippen LogP contribution in [0.4, 0.5) is 4.79 Å². The molecule has 1 aromatic rings. The molecular weight excluding hydrogens is 306 g/mol. The SMILES string of the molecule is CCNC(=O)CN1C(=O)N[C@](CC)(c2ccc(Cl)cc2)C1=O. The first-order valence-corrected chi connectivity index (χ1v) is 7.49. The third-order valence-electron chi connectivity index (χ3n) is 3.72. The van der Waals surface area contributed by atoms with Gasteiger partial charge in [0.2, 0.25) is 5.91 Å². The Hall–Kier alpha value is -2.08. The Bertz CT molecular complexity index is 603. The fourth-order valence-corrected chi connectivity index (χ4v) is 2.67. The van der Waals surface area contributed by atoms with E-state index in [0.29, 0.717) is 23.6 Å². The molecule has 1 aromatic carbocycles. The number of benzene rings is 1. The van der Waals surface area contributed by atoms with Gasteiger partial charge in [-0.1, -0.05) is 30.7 Å². The second-order valence-electron chi connectivity index (χ2n) is 5.04. The maximum absolute atomic E-state index is 12.7. The quantitative estimate of drug-likeness (QED) is 0.808. The van der Waals surface area contributed by atoms with Gasteiger partial charge in [-0.25, -0.2) is 4.79 Å². The molecule has 1 aliphatic rings. The van der Waals surface area contributed by atoms with Gasteiger partial charge in [-0.15, -0.1) is 0 Å². The van der Waals surface area contributed by atoms with Crippen LogP contribution in [-0.4, -0.2) is 35.8 Å². The molecule has 0 spiro atoms. The summed E-state index contributed by atoms with van der Waals surface area (Å²) in [5.74, 6) is -0.789. The van der Waals surface area contributed by atoms with Crippen molar-refractivity contribution >= 4 is 29.4 Å². The molecule has 2 rings (SSSR count). The number of halogens is 1. The lowest BCUT2D eigenvalue weighted by molar-refractivity contribution is -0.135. The van der Waals surface area contributed by atoms with Gasteiger partial charge in [0.1, 0.15) is 12.1 Å². The minimum absolute atomic E-state index is 0.284. The first kappa shape index (κ1) is 16.3. The highest BCUT2D eigenvalue weighted by molar-refractivity contribution is 6.30. The summed E-state index contributed by atoms with van der Waals surface area (Å²) in [7, 11) is 0. The first-order chi connectivity index (χ1) is 10.4. The Balaban J connectivity index is 2.31. The molecule has 0 bridgehead atoms. The smallest absolute Gasteiger partial charge is 0.325 e. The average molecular weight is 324 g/mol. The number of carbonyl (C=O) groups excluding carboxylic acids is 3. The molecule has 1 saturated heterocycles. The highest BCUT2D eigenvalue weighted by Gasteiger charge is 2.51. The van der Waals surface area contributed by atoms with Crippen LogP contribution in [0, 0.1) is 0 Å². The maximum atomic E-state index is 12.7. The van der Waals surface area contributed by atoms with Gasteiger partial charge in [-0.2, -0.15) is 0 Å². The van der Waals surface area contributed by atoms with E-state index in [1.807, 2.05) is 6.92 Å². The van der Waals surface area contributed by atoms with Gasteiger partial charge >= 0.3 is 6.03 Å². The van der Waals surface area contributed by atoms with E-state index >= 15 is 0 Å². The summed E-state index contributed by atoms with van der Waals surface area (Å²) in [5.41, 5.74) is -0.495. The Morgan fingerprint density at radius 2 is 1.91 bits per heavy atom. The molecule has 1 heterocycles. The lowest BCUT2D eigenvalue weighted by Crippen LogP contribution is -2.44. The number of imide groups is 1. The molecule has 0 unspecified atom stereocenters. The van der Waals surface area contributed by atoms with E-state index < -0.39 is 17.5 Å². The molecule has 0 saturated carbocycles. The summed E-state index contributed by atoms with van der Waals surface area (Å²) in [6, 6.07) is 6.19. The summed E-state index contributed by atoms with van der Waals surface area (Å²) in [6.07, 6.45) is 0.380. The molecule has 118 valence electrons. The van der Waals surface area contributed by atoms with E-state index in [9.17, 15) is 14.4 Å². The maximum Gasteiger partial charge on any atom is 0.325 e. The molecule has 4 amide bonds. The Morgan fingerprint density at radius 1 is 1.27 bits per heavy atom. The molecule has 22 heavy (non-hydrogen) atoms. The third-order valence-corrected chi connectivity index (χ3v) is 3.97. The van der Waals surface area contributed by atoms with E-state index in [0.717, 1.165) is 4.90 Å². The van der Waals surface area contributed by atoms with Gasteiger partial charge in [0.05, 0.1) is 0 Å². The summed E-state index contributed by atoms with van der Waals surface area (Å²) in [4.78, 5) is 37.5. The number of hydrogen-bond acceptors (Lipinski definition) is 3. The van der Waals surface area contributed by atoms with Crippen LogP contribution in [-0.2, 0) is 15.1 Å². The molecule has 7 heteroatoms. The predicted molar refractivity (Wildman–Crippen MR) is 82.3 cm³/mol. The fraction of sp³-hybridized carbons (Fsp3) is 0.400. The molecule has 1 atom stereocenters. The monoisotopic (exact) mass is 323 g/mol. The van der Waals surface area contributed by atoms with Crippen molar-refractivity contribution in [1.82, 2.24) is 15.5 Å². The van der Waals surface area contributed by atoms with E-state index in [4.69, 9.17) is 11.6 Å². The van der Waals surface area contributed by atoms with E-state index in [2.05, 4.69) is 10.6 Å². The lowest BCUT2D eigenvalue weighted by Gasteiger charge is -2.25. The van der Waals surface area contributed by atoms with Crippen LogP contribution < -0.4 is 10.6 Å². The Morgan fingerprint density at radius 3 is 2.45 bits per heavy atom. The van der Waals surface area contributed by atoms with Gasteiger partial charge in [0.25, 0.3) is 5.91 Å². The number of nitrogens with one attached hydrogen (secondary N) is 2. The van der Waals surface area contributed by atoms with Gasteiger partial charge < -0.3 is 10.6 Å². The van der Waals surface area contributed by atoms with Crippen LogP contribution in [0.3, 0.4) is 0 Å². The molecular formula is C15H18ClN3O3. The minimum Gasteiger partial charge on any atom is -0.355 e. The lowest BCUT2D eigenvalue weighted by atomic mass is 9.87. The number of urea groups is 1. The standard InChI is InChI=1S/C15H18ClN3O3/c1-3-15(10-5-7-11(16)8-6-10)13(21)19(14(22)18-15)9-12(20)17-4-2/h5-8H,3-4,9H2,1-2H3,(H,17,20)(H,18,22)/t15-/m1/s1. The molecule has 1 aliphatic heterocycles. The number of carbonyl (C=O) groups is 3. The zero-order valence-corrected chi connectivity index (χ0v) is 13.2. The summed E-state index contributed by atoms with van der Waals surface area (Å²) >= 11 is 5.87. The zero-order chi connectivity index (χ0) is 16.3. The predicted octanol–water partition coefficient (Wildman–Crippen LogP) is 1.63. The minimum atomic E-state index is -1.14. The van der Waals surface area contributed by atoms with Crippen molar-refractivity contribution in [2.24, 2.45) is 0 Å². The van der Waals surface area contributed by atoms with E-state index in [1.54, 1.807) is 31.2 Å². The third kappa shape index (κ3) is 2.78. The van der Waals surface area contributed by atoms with E-state index in [1.165, 1.54) is 0 Å². The van der Waals surface area contributed by atoms with Crippen LogP contribution in [0.15, 0.2) is 24.3 Å². The van der Waals surface area contributed by atoms with Crippen molar-refractivity contribution in [1.29, 1.82) is 0 Å². The molecule has 0 aromatic heterocycles. The largest absolute Gasteiger partial charge is 0.355 e. The topological polar surface area (TPSA) is 78.5 Å². The second kappa shape index (κ2) is 6.36. The fourth-order valence-electron chi connectivity index (χ4n) is 2.54. The van der Waals surface area contributed by atoms with Gasteiger partial charge in [-0.3, -0.25) is 14.5 Å². The first-order valence-electron chi connectivity index (χ1n) is 7.11. The van der Waals surface area contributed by atoms with Gasteiger partial charge in [0, 0.05) is 11.6 Å². The van der Waals surface area contributed by atoms with Crippen LogP contribution in [0.25, 0.3) is 0 Å². The Kier molecular flexibility index (Phi) is 4.71. The van der Waals surface area contributed by atoms with Crippen molar-refractivity contribution in [3.63, 3.8) is 0 Å². The molecule has 0 radical (unpaired) electrons. The summed E-state index contributed by atoms with van der Waals surface area (Å²) in [5, 5.41) is 5.84. The summed E-state index contributed by atoms with van der Waals surface area (Å²) in [6.45, 7) is 3.74. The second-order valence-corrected chi connectivity index (χ2v) is 5.48. The van der Waals surface area contributed by atoms with Crippen LogP contribution in [0.5, 0.6) is 0 Å². The van der Waals surface area contributed by atoms with Crippen molar-refractivity contribution in [2.45, 2.75) is 25.8 Å². The zero-order valence-electron chi connectivity index (χ0n) is 12.5. The molecule has 1 fully saturated rings. The van der Waals surface area contributed by atoms with Gasteiger partial charge in [-0.05, 0) is 31.0 Å². The van der Waals surface area contributed by atoms with E-state index in [-0.39, 0.29) is 12.5 Å². The highest BCUT2D eigenvalue weighted by atomic mass is 35.5. The van der Waals surface area contributed by atoms with Crippen molar-refractivity contribution in [2.75, 3.05) is 13.1 Å². The average Bonchev–Trinajstić information content (AvgIpc) is 2.73.